The van der Waals surface area contributed by atoms with Crippen LogP contribution in [0.3, 0.4) is 0 Å². The van der Waals surface area contributed by atoms with Gasteiger partial charge in [-0.1, -0.05) is 38.1 Å². The zero-order chi connectivity index (χ0) is 31.2. The second kappa shape index (κ2) is 14.7. The molecule has 2 N–H and O–H groups in total. The van der Waals surface area contributed by atoms with Crippen molar-refractivity contribution >= 4 is 5.97 Å². The summed E-state index contributed by atoms with van der Waals surface area (Å²) in [6.45, 7) is 9.76. The lowest BCUT2D eigenvalue weighted by atomic mass is 9.87. The lowest BCUT2D eigenvalue weighted by Crippen LogP contribution is -2.45. The number of hydrogen-bond donors (Lipinski definition) is 2. The second-order valence-corrected chi connectivity index (χ2v) is 13.3. The Labute approximate surface area is 261 Å². The van der Waals surface area contributed by atoms with Gasteiger partial charge in [0.1, 0.15) is 17.6 Å². The van der Waals surface area contributed by atoms with Crippen LogP contribution in [0.25, 0.3) is 0 Å². The first kappa shape index (κ1) is 32.2. The van der Waals surface area contributed by atoms with E-state index in [1.165, 1.54) is 11.6 Å². The van der Waals surface area contributed by atoms with E-state index in [1.54, 1.807) is 12.1 Å². The molecule has 3 aromatic rings. The highest BCUT2D eigenvalue weighted by Crippen LogP contribution is 2.43. The fraction of sp³-hybridized carbons (Fsp3) is 0.556. The van der Waals surface area contributed by atoms with Gasteiger partial charge in [-0.25, -0.2) is 4.39 Å². The zero-order valence-electron chi connectivity index (χ0n) is 26.7. The van der Waals surface area contributed by atoms with Crippen LogP contribution < -0.4 is 4.74 Å². The quantitative estimate of drug-likeness (QED) is 0.226. The van der Waals surface area contributed by atoms with Gasteiger partial charge in [0.25, 0.3) is 0 Å². The van der Waals surface area contributed by atoms with E-state index in [2.05, 4.69) is 46.9 Å². The third kappa shape index (κ3) is 8.07. The van der Waals surface area contributed by atoms with E-state index in [1.807, 2.05) is 32.2 Å². The lowest BCUT2D eigenvalue weighted by Gasteiger charge is -2.34. The van der Waals surface area contributed by atoms with Crippen molar-refractivity contribution in [2.75, 3.05) is 33.3 Å². The molecule has 1 saturated carbocycles. The van der Waals surface area contributed by atoms with Crippen molar-refractivity contribution in [3.63, 3.8) is 0 Å². The minimum atomic E-state index is -0.755. The molecule has 4 atom stereocenters. The maximum Gasteiger partial charge on any atom is 0.320 e. The Kier molecular flexibility index (Phi) is 10.7. The van der Waals surface area contributed by atoms with E-state index in [4.69, 9.17) is 9.84 Å². The fourth-order valence-electron chi connectivity index (χ4n) is 7.43. The van der Waals surface area contributed by atoms with Crippen molar-refractivity contribution in [1.82, 2.24) is 20.0 Å². The van der Waals surface area contributed by atoms with Crippen molar-refractivity contribution in [2.45, 2.75) is 83.2 Å². The highest BCUT2D eigenvalue weighted by atomic mass is 19.1. The molecule has 44 heavy (non-hydrogen) atoms. The summed E-state index contributed by atoms with van der Waals surface area (Å²) in [6.07, 6.45) is 5.34. The minimum Gasteiger partial charge on any atom is -0.494 e. The lowest BCUT2D eigenvalue weighted by molar-refractivity contribution is -0.144. The Hall–Kier alpha value is -3.23. The third-order valence-electron chi connectivity index (χ3n) is 9.77. The van der Waals surface area contributed by atoms with Crippen molar-refractivity contribution in [3.05, 3.63) is 82.9 Å². The molecule has 2 aromatic carbocycles. The Morgan fingerprint density at radius 2 is 1.89 bits per heavy atom. The predicted octanol–water partition coefficient (Wildman–Crippen LogP) is 6.71. The smallest absolute Gasteiger partial charge is 0.320 e. The minimum absolute atomic E-state index is 0.156. The number of rotatable bonds is 13. The van der Waals surface area contributed by atoms with Gasteiger partial charge in [0.05, 0.1) is 12.3 Å². The van der Waals surface area contributed by atoms with Gasteiger partial charge >= 0.3 is 5.97 Å². The molecule has 1 aliphatic carbocycles. The van der Waals surface area contributed by atoms with Gasteiger partial charge in [0.15, 0.2) is 0 Å². The number of ether oxygens (including phenoxy) is 1. The number of likely N-dealkylation sites (tertiary alicyclic amines) is 1. The first-order valence-electron chi connectivity index (χ1n) is 16.4. The van der Waals surface area contributed by atoms with Crippen LogP contribution >= 0.6 is 0 Å². The van der Waals surface area contributed by atoms with E-state index in [0.717, 1.165) is 74.4 Å². The summed E-state index contributed by atoms with van der Waals surface area (Å²) in [5, 5.41) is 18.0. The summed E-state index contributed by atoms with van der Waals surface area (Å²) >= 11 is 0. The summed E-state index contributed by atoms with van der Waals surface area (Å²) in [5.41, 5.74) is 4.54. The topological polar surface area (TPSA) is 81.7 Å². The molecule has 0 amide bonds. The molecular formula is C36H49FN4O3. The van der Waals surface area contributed by atoms with Crippen LogP contribution in [0.2, 0.25) is 0 Å². The fourth-order valence-corrected chi connectivity index (χ4v) is 7.43. The summed E-state index contributed by atoms with van der Waals surface area (Å²) in [4.78, 5) is 16.8. The molecule has 0 bridgehead atoms. The van der Waals surface area contributed by atoms with E-state index >= 15 is 0 Å². The molecule has 1 aromatic heterocycles. The molecule has 2 fully saturated rings. The standard InChI is InChI=1S/C36H49FN4O3/c1-5-44-32-11-9-25(10-12-32)18-30-21-34(39-38-30)26-13-15-41(16-14-26)23-28-20-31(40(4)35(36(42)43)17-24(2)3)22-33(28)27-7-6-8-29(37)19-27/h6-12,19,21,24,26,28,31,33,35H,5,13-18,20,22-23H2,1-4H3,(H,38,39)(H,42,43)/t28?,31?,33?,35-/m1/s1. The van der Waals surface area contributed by atoms with Gasteiger partial charge < -0.3 is 14.7 Å². The first-order valence-corrected chi connectivity index (χ1v) is 16.4. The van der Waals surface area contributed by atoms with Crippen LogP contribution in [0, 0.1) is 17.7 Å². The van der Waals surface area contributed by atoms with Gasteiger partial charge in [-0.15, -0.1) is 0 Å². The highest BCUT2D eigenvalue weighted by Gasteiger charge is 2.41. The maximum atomic E-state index is 14.3. The maximum absolute atomic E-state index is 14.3. The number of piperidine rings is 1. The van der Waals surface area contributed by atoms with Gasteiger partial charge in [-0.3, -0.25) is 14.8 Å². The third-order valence-corrected chi connectivity index (χ3v) is 9.77. The van der Waals surface area contributed by atoms with Crippen molar-refractivity contribution in [1.29, 1.82) is 0 Å². The summed E-state index contributed by atoms with van der Waals surface area (Å²) in [7, 11) is 1.97. The normalized spacial score (nSPS) is 22.1. The van der Waals surface area contributed by atoms with Crippen molar-refractivity contribution in [2.24, 2.45) is 11.8 Å². The number of benzene rings is 2. The molecule has 0 radical (unpaired) electrons. The monoisotopic (exact) mass is 604 g/mol. The molecular weight excluding hydrogens is 555 g/mol. The number of aromatic amines is 1. The molecule has 0 spiro atoms. The van der Waals surface area contributed by atoms with Gasteiger partial charge in [0.2, 0.25) is 0 Å². The van der Waals surface area contributed by atoms with E-state index in [9.17, 15) is 14.3 Å². The van der Waals surface area contributed by atoms with E-state index < -0.39 is 12.0 Å². The SMILES string of the molecule is CCOc1ccc(Cc2cc(C3CCN(CC4CC(N(C)[C@H](CC(C)C)C(=O)O)CC4c4cccc(F)c4)CC3)n[nH]2)cc1. The number of H-pyrrole nitrogens is 1. The van der Waals surface area contributed by atoms with Crippen LogP contribution in [-0.4, -0.2) is 76.4 Å². The van der Waals surface area contributed by atoms with Crippen LogP contribution in [0.4, 0.5) is 4.39 Å². The molecule has 238 valence electrons. The summed E-state index contributed by atoms with van der Waals surface area (Å²) in [5.74, 6) is 1.23. The predicted molar refractivity (Wildman–Crippen MR) is 172 cm³/mol. The van der Waals surface area contributed by atoms with Crippen molar-refractivity contribution < 1.29 is 19.0 Å². The van der Waals surface area contributed by atoms with Crippen LogP contribution in [-0.2, 0) is 11.2 Å². The second-order valence-electron chi connectivity index (χ2n) is 13.3. The first-order chi connectivity index (χ1) is 21.2. The average Bonchev–Trinajstić information content (AvgIpc) is 3.64. The number of halogens is 1. The largest absolute Gasteiger partial charge is 0.494 e. The summed E-state index contributed by atoms with van der Waals surface area (Å²) in [6, 6.07) is 17.2. The van der Waals surface area contributed by atoms with Gasteiger partial charge in [-0.2, -0.15) is 5.10 Å². The Balaban J connectivity index is 1.20. The molecule has 3 unspecified atom stereocenters. The Morgan fingerprint density at radius 3 is 2.55 bits per heavy atom. The van der Waals surface area contributed by atoms with E-state index in [0.29, 0.717) is 30.8 Å². The van der Waals surface area contributed by atoms with E-state index in [-0.39, 0.29) is 17.8 Å². The number of likely N-dealkylation sites (N-methyl/N-ethyl adjacent to an activating group) is 1. The number of carboxylic acids is 1. The zero-order valence-corrected chi connectivity index (χ0v) is 26.7. The molecule has 1 saturated heterocycles. The Bertz CT molecular complexity index is 1350. The average molecular weight is 605 g/mol. The number of aromatic nitrogens is 2. The van der Waals surface area contributed by atoms with Crippen LogP contribution in [0.5, 0.6) is 5.75 Å². The van der Waals surface area contributed by atoms with Crippen LogP contribution in [0.15, 0.2) is 54.6 Å². The molecule has 8 heteroatoms. The van der Waals surface area contributed by atoms with Gasteiger partial charge in [0, 0.05) is 30.6 Å². The molecule has 1 aliphatic heterocycles. The van der Waals surface area contributed by atoms with Crippen molar-refractivity contribution in [3.8, 4) is 5.75 Å². The van der Waals surface area contributed by atoms with Gasteiger partial charge in [-0.05, 0) is 118 Å². The van der Waals surface area contributed by atoms with Crippen LogP contribution in [0.1, 0.15) is 87.2 Å². The number of nitrogens with one attached hydrogen (secondary N) is 1. The number of carbonyl (C=O) groups is 1. The highest BCUT2D eigenvalue weighted by molar-refractivity contribution is 5.73. The molecule has 2 aliphatic rings. The molecule has 2 heterocycles. The number of carboxylic acid groups (broad SMARTS) is 1. The number of aliphatic carboxylic acids is 1. The Morgan fingerprint density at radius 1 is 1.14 bits per heavy atom. The number of nitrogens with zero attached hydrogens (tertiary/aromatic N) is 3. The number of hydrogen-bond acceptors (Lipinski definition) is 5. The molecule has 7 nitrogen and oxygen atoms in total. The molecule has 5 rings (SSSR count). The summed E-state index contributed by atoms with van der Waals surface area (Å²) < 4.78 is 19.9.